The molecule has 0 radical (unpaired) electrons. The van der Waals surface area contributed by atoms with Crippen LogP contribution in [-0.2, 0) is 4.79 Å². The van der Waals surface area contributed by atoms with Gasteiger partial charge in [0.1, 0.15) is 12.4 Å². The third kappa shape index (κ3) is 4.61. The van der Waals surface area contributed by atoms with Crippen LogP contribution >= 0.6 is 0 Å². The van der Waals surface area contributed by atoms with Gasteiger partial charge in [-0.3, -0.25) is 4.79 Å². The first-order valence-corrected chi connectivity index (χ1v) is 8.11. The van der Waals surface area contributed by atoms with Gasteiger partial charge in [-0.05, 0) is 47.2 Å². The lowest BCUT2D eigenvalue weighted by Gasteiger charge is -2.09. The quantitative estimate of drug-likeness (QED) is 0.628. The van der Waals surface area contributed by atoms with E-state index >= 15 is 0 Å². The molecule has 0 aromatic heterocycles. The minimum Gasteiger partial charge on any atom is -0.490 e. The van der Waals surface area contributed by atoms with Crippen LogP contribution in [0.3, 0.4) is 0 Å². The minimum atomic E-state index is -0.104. The van der Waals surface area contributed by atoms with Crippen molar-refractivity contribution in [3.63, 3.8) is 0 Å². The molecule has 0 fully saturated rings. The Kier molecular flexibility index (Phi) is 5.32. The Bertz CT molecular complexity index is 872. The van der Waals surface area contributed by atoms with Crippen LogP contribution in [0.2, 0.25) is 0 Å². The minimum absolute atomic E-state index is 0.104. The molecular formula is C21H20N2O2. The van der Waals surface area contributed by atoms with Crippen LogP contribution in [-0.4, -0.2) is 19.1 Å². The van der Waals surface area contributed by atoms with Crippen LogP contribution in [0.25, 0.3) is 10.8 Å². The van der Waals surface area contributed by atoms with Crippen LogP contribution in [0.4, 0.5) is 11.4 Å². The molecule has 126 valence electrons. The van der Waals surface area contributed by atoms with E-state index in [2.05, 4.69) is 29.3 Å². The fourth-order valence-electron chi connectivity index (χ4n) is 2.48. The summed E-state index contributed by atoms with van der Waals surface area (Å²) < 4.78 is 5.41. The molecule has 25 heavy (non-hydrogen) atoms. The Morgan fingerprint density at radius 3 is 2.44 bits per heavy atom. The Balaban J connectivity index is 1.54. The van der Waals surface area contributed by atoms with Gasteiger partial charge in [-0.2, -0.15) is 0 Å². The summed E-state index contributed by atoms with van der Waals surface area (Å²) in [7, 11) is 0. The van der Waals surface area contributed by atoms with Crippen molar-refractivity contribution in [2.45, 2.75) is 0 Å². The zero-order valence-corrected chi connectivity index (χ0v) is 13.9. The highest BCUT2D eigenvalue weighted by molar-refractivity contribution is 5.94. The lowest BCUT2D eigenvalue weighted by atomic mass is 10.1. The number of benzene rings is 3. The molecule has 3 rings (SSSR count). The van der Waals surface area contributed by atoms with E-state index in [1.54, 1.807) is 6.08 Å². The zero-order chi connectivity index (χ0) is 17.5. The van der Waals surface area contributed by atoms with Crippen molar-refractivity contribution in [1.29, 1.82) is 0 Å². The Hall–Kier alpha value is -3.27. The van der Waals surface area contributed by atoms with Gasteiger partial charge in [0.05, 0.1) is 6.54 Å². The van der Waals surface area contributed by atoms with Gasteiger partial charge in [-0.15, -0.1) is 0 Å². The third-order valence-electron chi connectivity index (χ3n) is 3.71. The van der Waals surface area contributed by atoms with Gasteiger partial charge in [0.2, 0.25) is 5.91 Å². The molecule has 3 aromatic rings. The van der Waals surface area contributed by atoms with Crippen molar-refractivity contribution in [2.24, 2.45) is 0 Å². The Morgan fingerprint density at radius 1 is 0.960 bits per heavy atom. The van der Waals surface area contributed by atoms with E-state index in [0.29, 0.717) is 6.61 Å². The summed E-state index contributed by atoms with van der Waals surface area (Å²) in [5, 5.41) is 8.32. The molecule has 2 N–H and O–H groups in total. The van der Waals surface area contributed by atoms with E-state index in [1.807, 2.05) is 54.6 Å². The van der Waals surface area contributed by atoms with E-state index in [1.165, 1.54) is 5.39 Å². The molecular weight excluding hydrogens is 312 g/mol. The highest BCUT2D eigenvalue weighted by Crippen LogP contribution is 2.19. The van der Waals surface area contributed by atoms with Gasteiger partial charge in [0.25, 0.3) is 0 Å². The number of anilines is 2. The topological polar surface area (TPSA) is 50.4 Å². The highest BCUT2D eigenvalue weighted by Gasteiger charge is 2.03. The maximum absolute atomic E-state index is 12.1. The van der Waals surface area contributed by atoms with Gasteiger partial charge in [-0.1, -0.05) is 43.0 Å². The molecule has 0 atom stereocenters. The van der Waals surface area contributed by atoms with Crippen LogP contribution in [0, 0.1) is 0 Å². The lowest BCUT2D eigenvalue weighted by molar-refractivity contribution is -0.114. The van der Waals surface area contributed by atoms with Gasteiger partial charge in [-0.25, -0.2) is 0 Å². The molecule has 0 heterocycles. The van der Waals surface area contributed by atoms with E-state index in [4.69, 9.17) is 4.74 Å². The van der Waals surface area contributed by atoms with E-state index in [0.717, 1.165) is 22.5 Å². The summed E-state index contributed by atoms with van der Waals surface area (Å²) >= 11 is 0. The summed E-state index contributed by atoms with van der Waals surface area (Å²) in [5.41, 5.74) is 1.65. The lowest BCUT2D eigenvalue weighted by Crippen LogP contribution is -2.21. The van der Waals surface area contributed by atoms with Gasteiger partial charge < -0.3 is 15.4 Å². The number of amides is 1. The van der Waals surface area contributed by atoms with Gasteiger partial charge in [0.15, 0.2) is 0 Å². The fourth-order valence-corrected chi connectivity index (χ4v) is 2.48. The van der Waals surface area contributed by atoms with Crippen molar-refractivity contribution in [2.75, 3.05) is 23.8 Å². The molecule has 0 bridgehead atoms. The SMILES string of the molecule is C=CCOc1ccc(NC(=O)CNc2ccc3ccccc3c2)cc1. The second kappa shape index (κ2) is 8.02. The average molecular weight is 332 g/mol. The molecule has 0 aliphatic rings. The van der Waals surface area contributed by atoms with Crippen LogP contribution < -0.4 is 15.4 Å². The second-order valence-electron chi connectivity index (χ2n) is 5.59. The molecule has 4 nitrogen and oxygen atoms in total. The first-order chi connectivity index (χ1) is 12.2. The molecule has 0 aliphatic heterocycles. The summed E-state index contributed by atoms with van der Waals surface area (Å²) in [6, 6.07) is 21.4. The van der Waals surface area contributed by atoms with Crippen molar-refractivity contribution in [3.05, 3.63) is 79.4 Å². The summed E-state index contributed by atoms with van der Waals surface area (Å²) in [6.07, 6.45) is 1.69. The molecule has 0 spiro atoms. The standard InChI is InChI=1S/C21H20N2O2/c1-2-13-25-20-11-9-18(10-12-20)23-21(24)15-22-19-8-7-16-5-3-4-6-17(16)14-19/h2-12,14,22H,1,13,15H2,(H,23,24). The number of nitrogens with one attached hydrogen (secondary N) is 2. The normalized spacial score (nSPS) is 10.2. The predicted molar refractivity (Wildman–Crippen MR) is 103 cm³/mol. The largest absolute Gasteiger partial charge is 0.490 e. The molecule has 0 unspecified atom stereocenters. The van der Waals surface area contributed by atoms with Crippen LogP contribution in [0.1, 0.15) is 0 Å². The maximum Gasteiger partial charge on any atom is 0.243 e. The molecule has 0 saturated heterocycles. The predicted octanol–water partition coefficient (Wildman–Crippen LogP) is 4.46. The van der Waals surface area contributed by atoms with Crippen molar-refractivity contribution < 1.29 is 9.53 Å². The fraction of sp³-hybridized carbons (Fsp3) is 0.0952. The number of rotatable bonds is 7. The van der Waals surface area contributed by atoms with E-state index in [-0.39, 0.29) is 12.5 Å². The number of carbonyl (C=O) groups is 1. The Labute approximate surface area is 147 Å². The summed E-state index contributed by atoms with van der Waals surface area (Å²) in [6.45, 7) is 4.27. The molecule has 0 aliphatic carbocycles. The van der Waals surface area contributed by atoms with Crippen molar-refractivity contribution in [3.8, 4) is 5.75 Å². The second-order valence-corrected chi connectivity index (χ2v) is 5.59. The Morgan fingerprint density at radius 2 is 1.68 bits per heavy atom. The molecule has 4 heteroatoms. The van der Waals surface area contributed by atoms with Crippen LogP contribution in [0.5, 0.6) is 5.75 Å². The van der Waals surface area contributed by atoms with Crippen molar-refractivity contribution in [1.82, 2.24) is 0 Å². The smallest absolute Gasteiger partial charge is 0.243 e. The first kappa shape index (κ1) is 16.6. The molecule has 0 saturated carbocycles. The number of ether oxygens (including phenoxy) is 1. The molecule has 3 aromatic carbocycles. The zero-order valence-electron chi connectivity index (χ0n) is 13.9. The highest BCUT2D eigenvalue weighted by atomic mass is 16.5. The first-order valence-electron chi connectivity index (χ1n) is 8.11. The van der Waals surface area contributed by atoms with E-state index < -0.39 is 0 Å². The van der Waals surface area contributed by atoms with Crippen LogP contribution in [0.15, 0.2) is 79.4 Å². The average Bonchev–Trinajstić information content (AvgIpc) is 2.65. The number of fused-ring (bicyclic) bond motifs is 1. The third-order valence-corrected chi connectivity index (χ3v) is 3.71. The van der Waals surface area contributed by atoms with Gasteiger partial charge >= 0.3 is 0 Å². The summed E-state index contributed by atoms with van der Waals surface area (Å²) in [5.74, 6) is 0.639. The summed E-state index contributed by atoms with van der Waals surface area (Å²) in [4.78, 5) is 12.1. The monoisotopic (exact) mass is 332 g/mol. The van der Waals surface area contributed by atoms with Gasteiger partial charge in [0, 0.05) is 11.4 Å². The maximum atomic E-state index is 12.1. The van der Waals surface area contributed by atoms with E-state index in [9.17, 15) is 4.79 Å². The number of hydrogen-bond acceptors (Lipinski definition) is 3. The number of carbonyl (C=O) groups excluding carboxylic acids is 1. The molecule has 1 amide bonds. The number of hydrogen-bond donors (Lipinski definition) is 2. The van der Waals surface area contributed by atoms with Crippen molar-refractivity contribution >= 4 is 28.1 Å².